The molecule has 0 bridgehead atoms. The molecule has 4 fully saturated rings. The highest BCUT2D eigenvalue weighted by Crippen LogP contribution is 2.70. The molecule has 0 unspecified atom stereocenters. The van der Waals surface area contributed by atoms with Crippen molar-refractivity contribution >= 4 is 29.3 Å². The summed E-state index contributed by atoms with van der Waals surface area (Å²) >= 11 is 7.44. The second-order valence-electron chi connectivity index (χ2n) is 10.8. The molecule has 0 aromatic carbocycles. The Kier molecular flexibility index (Phi) is 4.11. The summed E-state index contributed by atoms with van der Waals surface area (Å²) in [7, 11) is 0. The van der Waals surface area contributed by atoms with Gasteiger partial charge in [0.05, 0.1) is 17.8 Å². The van der Waals surface area contributed by atoms with Gasteiger partial charge in [0.1, 0.15) is 16.6 Å². The fourth-order valence-electron chi connectivity index (χ4n) is 7.08. The molecule has 3 saturated heterocycles. The number of hydrogen-bond donors (Lipinski definition) is 0. The number of carbonyl (C=O) groups excluding carboxylic acids is 3. The van der Waals surface area contributed by atoms with Crippen LogP contribution in [0.3, 0.4) is 0 Å². The van der Waals surface area contributed by atoms with E-state index in [0.717, 1.165) is 16.7 Å². The fourth-order valence-corrected chi connectivity index (χ4v) is 7.78. The average molecular weight is 449 g/mol. The van der Waals surface area contributed by atoms with Gasteiger partial charge in [-0.1, -0.05) is 18.6 Å². The topological polar surface area (TPSA) is 78.9 Å². The Morgan fingerprint density at radius 3 is 2.48 bits per heavy atom. The number of halogens is 1. The van der Waals surface area contributed by atoms with Gasteiger partial charge >= 0.3 is 11.9 Å². The van der Waals surface area contributed by atoms with Crippen molar-refractivity contribution in [2.75, 3.05) is 0 Å². The van der Waals surface area contributed by atoms with Crippen LogP contribution in [0.1, 0.15) is 60.8 Å². The first-order valence-corrected chi connectivity index (χ1v) is 11.4. The van der Waals surface area contributed by atoms with Crippen LogP contribution in [-0.2, 0) is 28.6 Å². The van der Waals surface area contributed by atoms with E-state index in [2.05, 4.69) is 6.08 Å². The number of hydrogen-bond acceptors (Lipinski definition) is 6. The van der Waals surface area contributed by atoms with Crippen LogP contribution in [0.5, 0.6) is 0 Å². The lowest BCUT2D eigenvalue weighted by Crippen LogP contribution is -2.70. The zero-order chi connectivity index (χ0) is 22.7. The number of Topliss-reactive ketones (excluding diaryl/α,β-unsaturated/α-hetero) is 1. The Balaban J connectivity index is 1.77. The highest BCUT2D eigenvalue weighted by atomic mass is 35.5. The molecule has 0 N–H and O–H groups in total. The number of allylic oxidation sites excluding steroid dienone is 2. The van der Waals surface area contributed by atoms with E-state index in [1.165, 1.54) is 0 Å². The van der Waals surface area contributed by atoms with Crippen LogP contribution in [0.25, 0.3) is 0 Å². The van der Waals surface area contributed by atoms with E-state index in [1.807, 2.05) is 34.6 Å². The summed E-state index contributed by atoms with van der Waals surface area (Å²) in [6.45, 7) is 11.4. The molecular weight excluding hydrogens is 420 g/mol. The van der Waals surface area contributed by atoms with Crippen molar-refractivity contribution < 1.29 is 28.6 Å². The summed E-state index contributed by atoms with van der Waals surface area (Å²) in [5, 5.41) is 0. The summed E-state index contributed by atoms with van der Waals surface area (Å²) in [6, 6.07) is 0. The van der Waals surface area contributed by atoms with E-state index in [0.29, 0.717) is 12.8 Å². The Bertz CT molecular complexity index is 994. The number of alkyl halides is 1. The first-order chi connectivity index (χ1) is 14.3. The van der Waals surface area contributed by atoms with Crippen LogP contribution < -0.4 is 0 Å². The van der Waals surface area contributed by atoms with Gasteiger partial charge in [-0.15, -0.1) is 11.6 Å². The number of ketones is 1. The van der Waals surface area contributed by atoms with Gasteiger partial charge < -0.3 is 14.2 Å². The van der Waals surface area contributed by atoms with Crippen LogP contribution in [-0.4, -0.2) is 40.6 Å². The lowest BCUT2D eigenvalue weighted by Gasteiger charge is -2.61. The van der Waals surface area contributed by atoms with Gasteiger partial charge in [0.25, 0.3) is 0 Å². The molecule has 7 atom stereocenters. The SMILES string of the molecule is CC1=C2CC(=O)OC(C)(C)C2=CC[C@@]2(C)[C@H]1C[C@@]1(C)C(=O)O[C@@H]3O[C@@H](C)C(=O)[C@@]2(Cl)[C@H]31. The highest BCUT2D eigenvalue weighted by molar-refractivity contribution is 6.37. The van der Waals surface area contributed by atoms with Gasteiger partial charge in [-0.3, -0.25) is 14.4 Å². The minimum absolute atomic E-state index is 0.169. The predicted molar refractivity (Wildman–Crippen MR) is 112 cm³/mol. The summed E-state index contributed by atoms with van der Waals surface area (Å²) in [5.41, 5.74) is 0.558. The maximum absolute atomic E-state index is 13.7. The standard InChI is InChI=1S/C24H29ClO6/c1-11-13-9-16(26)31-21(3,4)14(13)7-8-23(6)15(11)10-22(5)17-19(30-20(22)28)29-12(2)18(27)24(17,23)25/h7,12,15,17,19H,8-10H2,1-6H3/t12-,15-,17+,19-,22+,23-,24-/m0/s1. The number of ether oxygens (including phenoxy) is 3. The molecule has 5 rings (SSSR count). The first kappa shape index (κ1) is 21.2. The van der Waals surface area contributed by atoms with Gasteiger partial charge in [0.2, 0.25) is 6.29 Å². The fraction of sp³-hybridized carbons (Fsp3) is 0.708. The monoisotopic (exact) mass is 448 g/mol. The molecular formula is C24H29ClO6. The minimum Gasteiger partial charge on any atom is -0.455 e. The molecule has 0 radical (unpaired) electrons. The normalized spacial score (nSPS) is 48.1. The van der Waals surface area contributed by atoms with Crippen LogP contribution in [0.4, 0.5) is 0 Å². The second-order valence-corrected chi connectivity index (χ2v) is 11.4. The molecule has 2 aliphatic carbocycles. The molecule has 3 aliphatic heterocycles. The Morgan fingerprint density at radius 2 is 1.81 bits per heavy atom. The molecule has 0 amide bonds. The Morgan fingerprint density at radius 1 is 1.13 bits per heavy atom. The molecule has 1 saturated carbocycles. The van der Waals surface area contributed by atoms with E-state index in [-0.39, 0.29) is 30.1 Å². The lowest BCUT2D eigenvalue weighted by molar-refractivity contribution is -0.212. The predicted octanol–water partition coefficient (Wildman–Crippen LogP) is 3.86. The molecule has 7 heteroatoms. The third-order valence-electron chi connectivity index (χ3n) is 8.76. The number of cyclic esters (lactones) is 1. The van der Waals surface area contributed by atoms with Crippen molar-refractivity contribution in [3.05, 3.63) is 22.8 Å². The van der Waals surface area contributed by atoms with E-state index >= 15 is 0 Å². The van der Waals surface area contributed by atoms with E-state index in [4.69, 9.17) is 25.8 Å². The van der Waals surface area contributed by atoms with Gasteiger partial charge in [-0.25, -0.2) is 0 Å². The van der Waals surface area contributed by atoms with E-state index in [1.54, 1.807) is 6.92 Å². The number of rotatable bonds is 0. The quantitative estimate of drug-likeness (QED) is 0.413. The zero-order valence-corrected chi connectivity index (χ0v) is 19.6. The molecule has 31 heavy (non-hydrogen) atoms. The third kappa shape index (κ3) is 2.36. The highest BCUT2D eigenvalue weighted by Gasteiger charge is 2.77. The Labute approximate surface area is 187 Å². The summed E-state index contributed by atoms with van der Waals surface area (Å²) in [6.07, 6.45) is 1.71. The van der Waals surface area contributed by atoms with Gasteiger partial charge in [0.15, 0.2) is 5.78 Å². The molecule has 0 aromatic rings. The average Bonchev–Trinajstić information content (AvgIpc) is 2.84. The van der Waals surface area contributed by atoms with Crippen molar-refractivity contribution in [2.24, 2.45) is 22.7 Å². The summed E-state index contributed by atoms with van der Waals surface area (Å²) < 4.78 is 17.1. The van der Waals surface area contributed by atoms with E-state index < -0.39 is 39.6 Å². The van der Waals surface area contributed by atoms with E-state index in [9.17, 15) is 14.4 Å². The molecule has 0 aromatic heterocycles. The number of carbonyl (C=O) groups is 3. The van der Waals surface area contributed by atoms with Crippen LogP contribution in [0.2, 0.25) is 0 Å². The number of esters is 2. The van der Waals surface area contributed by atoms with Crippen LogP contribution in [0, 0.1) is 22.7 Å². The Hall–Kier alpha value is -1.66. The summed E-state index contributed by atoms with van der Waals surface area (Å²) in [5.74, 6) is -1.56. The second kappa shape index (κ2) is 6.02. The maximum atomic E-state index is 13.7. The maximum Gasteiger partial charge on any atom is 0.314 e. The van der Waals surface area contributed by atoms with Gasteiger partial charge in [0, 0.05) is 5.41 Å². The largest absolute Gasteiger partial charge is 0.455 e. The van der Waals surface area contributed by atoms with Crippen molar-refractivity contribution in [2.45, 2.75) is 83.7 Å². The van der Waals surface area contributed by atoms with Crippen LogP contribution in [0.15, 0.2) is 22.8 Å². The molecule has 5 aliphatic rings. The molecule has 168 valence electrons. The van der Waals surface area contributed by atoms with Gasteiger partial charge in [-0.2, -0.15) is 0 Å². The third-order valence-corrected chi connectivity index (χ3v) is 9.62. The van der Waals surface area contributed by atoms with Gasteiger partial charge in [-0.05, 0) is 64.5 Å². The molecule has 0 spiro atoms. The van der Waals surface area contributed by atoms with Crippen molar-refractivity contribution in [1.82, 2.24) is 0 Å². The van der Waals surface area contributed by atoms with Crippen molar-refractivity contribution in [1.29, 1.82) is 0 Å². The number of fused-ring (bicyclic) bond motifs is 3. The van der Waals surface area contributed by atoms with Crippen LogP contribution >= 0.6 is 11.6 Å². The zero-order valence-electron chi connectivity index (χ0n) is 18.8. The molecule has 3 heterocycles. The smallest absolute Gasteiger partial charge is 0.314 e. The van der Waals surface area contributed by atoms with Crippen molar-refractivity contribution in [3.8, 4) is 0 Å². The summed E-state index contributed by atoms with van der Waals surface area (Å²) in [4.78, 5) is 37.8. The van der Waals surface area contributed by atoms with Crippen molar-refractivity contribution in [3.63, 3.8) is 0 Å². The molecule has 6 nitrogen and oxygen atoms in total. The first-order valence-electron chi connectivity index (χ1n) is 11.0. The lowest BCUT2D eigenvalue weighted by atomic mass is 9.45. The minimum atomic E-state index is -1.33.